The Morgan fingerprint density at radius 3 is 1.42 bits per heavy atom. The van der Waals surface area contributed by atoms with Crippen LogP contribution in [0, 0.1) is 0 Å². The fourth-order valence-corrected chi connectivity index (χ4v) is 8.14. The number of rotatable bonds is 7. The minimum Gasteiger partial charge on any atom is -0.454 e. The maximum Gasteiger partial charge on any atom is 0.162 e. The van der Waals surface area contributed by atoms with Gasteiger partial charge in [-0.05, 0) is 75.8 Å². The van der Waals surface area contributed by atoms with E-state index in [4.69, 9.17) is 19.4 Å². The monoisotopic (exact) mass is 753 g/mol. The lowest BCUT2D eigenvalue weighted by molar-refractivity contribution is 0.669. The highest BCUT2D eigenvalue weighted by Crippen LogP contribution is 2.41. The molecule has 0 radical (unpaired) electrons. The fourth-order valence-electron chi connectivity index (χ4n) is 8.14. The minimum absolute atomic E-state index is 0.676. The van der Waals surface area contributed by atoms with Crippen molar-refractivity contribution in [3.8, 4) is 78.5 Å². The molecule has 4 nitrogen and oxygen atoms in total. The number of fused-ring (bicyclic) bond motifs is 5. The van der Waals surface area contributed by atoms with Gasteiger partial charge in [-0.3, -0.25) is 0 Å². The fraction of sp³-hybridized carbons (Fsp3) is 0. The van der Waals surface area contributed by atoms with Gasteiger partial charge in [0.15, 0.2) is 11.4 Å². The molecule has 0 spiro atoms. The molecule has 11 rings (SSSR count). The molecule has 0 bridgehead atoms. The second-order valence-corrected chi connectivity index (χ2v) is 14.8. The van der Waals surface area contributed by atoms with Gasteiger partial charge in [0.05, 0.1) is 16.9 Å². The lowest BCUT2D eigenvalue weighted by atomic mass is 9.95. The van der Waals surface area contributed by atoms with Crippen molar-refractivity contribution in [3.63, 3.8) is 0 Å². The van der Waals surface area contributed by atoms with E-state index in [9.17, 15) is 0 Å². The van der Waals surface area contributed by atoms with E-state index in [1.807, 2.05) is 48.5 Å². The Labute approximate surface area is 341 Å². The molecule has 3 heterocycles. The SMILES string of the molecule is c1ccc(-c2cccc(-c3ccc4nc(-c5cccc(-c6cccc(-c7nc(-c8ccccc8)cc(-c8ccccc8)n7)c6)c5)c5oc6ccccc6c5c4c3)c2)cc1. The molecule has 276 valence electrons. The van der Waals surface area contributed by atoms with Crippen LogP contribution in [0.3, 0.4) is 0 Å². The maximum absolute atomic E-state index is 6.71. The standard InChI is InChI=1S/C55H35N3O/c1-4-15-36(16-5-1)39-21-12-22-40(31-39)43-29-30-48-47(34-43)52-46-27-10-11-28-51(46)59-54(52)53(56-48)44-25-13-23-41(32-44)42-24-14-26-45(33-42)55-57-49(37-17-6-2-7-18-37)35-50(58-55)38-19-8-3-9-20-38/h1-35H. The number of aromatic nitrogens is 3. The highest BCUT2D eigenvalue weighted by Gasteiger charge is 2.19. The van der Waals surface area contributed by atoms with E-state index in [0.29, 0.717) is 5.82 Å². The normalized spacial score (nSPS) is 11.4. The summed E-state index contributed by atoms with van der Waals surface area (Å²) in [6, 6.07) is 73.8. The molecule has 0 fully saturated rings. The zero-order valence-electron chi connectivity index (χ0n) is 32.0. The summed E-state index contributed by atoms with van der Waals surface area (Å²) in [5.41, 5.74) is 15.9. The van der Waals surface area contributed by atoms with Gasteiger partial charge in [-0.25, -0.2) is 15.0 Å². The summed E-state index contributed by atoms with van der Waals surface area (Å²) < 4.78 is 6.71. The van der Waals surface area contributed by atoms with Gasteiger partial charge in [0.25, 0.3) is 0 Å². The average molecular weight is 754 g/mol. The molecular weight excluding hydrogens is 719 g/mol. The second kappa shape index (κ2) is 14.5. The van der Waals surface area contributed by atoms with Gasteiger partial charge >= 0.3 is 0 Å². The zero-order chi connectivity index (χ0) is 39.1. The molecule has 59 heavy (non-hydrogen) atoms. The van der Waals surface area contributed by atoms with Crippen LogP contribution in [0.15, 0.2) is 217 Å². The van der Waals surface area contributed by atoms with E-state index < -0.39 is 0 Å². The second-order valence-electron chi connectivity index (χ2n) is 14.8. The third-order valence-corrected chi connectivity index (χ3v) is 11.1. The summed E-state index contributed by atoms with van der Waals surface area (Å²) in [5, 5.41) is 3.20. The van der Waals surface area contributed by atoms with Gasteiger partial charge in [-0.15, -0.1) is 0 Å². The quantitative estimate of drug-likeness (QED) is 0.163. The first-order chi connectivity index (χ1) is 29.2. The maximum atomic E-state index is 6.71. The first-order valence-electron chi connectivity index (χ1n) is 19.8. The number of hydrogen-bond acceptors (Lipinski definition) is 4. The van der Waals surface area contributed by atoms with Crippen molar-refractivity contribution in [3.05, 3.63) is 212 Å². The Morgan fingerprint density at radius 2 is 0.780 bits per heavy atom. The number of para-hydroxylation sites is 1. The largest absolute Gasteiger partial charge is 0.454 e. The molecular formula is C55H35N3O. The summed E-state index contributed by atoms with van der Waals surface area (Å²) >= 11 is 0. The molecule has 0 N–H and O–H groups in total. The molecule has 4 heteroatoms. The molecule has 11 aromatic rings. The van der Waals surface area contributed by atoms with Crippen LogP contribution < -0.4 is 0 Å². The topological polar surface area (TPSA) is 51.8 Å². The summed E-state index contributed by atoms with van der Waals surface area (Å²) in [5.74, 6) is 0.676. The van der Waals surface area contributed by atoms with E-state index in [1.165, 1.54) is 11.1 Å². The summed E-state index contributed by atoms with van der Waals surface area (Å²) in [4.78, 5) is 15.5. The lowest BCUT2D eigenvalue weighted by Gasteiger charge is -2.12. The van der Waals surface area contributed by atoms with Crippen molar-refractivity contribution in [1.82, 2.24) is 15.0 Å². The molecule has 0 aliphatic carbocycles. The molecule has 0 atom stereocenters. The minimum atomic E-state index is 0.676. The summed E-state index contributed by atoms with van der Waals surface area (Å²) in [6.45, 7) is 0. The van der Waals surface area contributed by atoms with E-state index >= 15 is 0 Å². The molecule has 0 saturated carbocycles. The number of furan rings is 1. The predicted octanol–water partition coefficient (Wildman–Crippen LogP) is 14.6. The van der Waals surface area contributed by atoms with Crippen LogP contribution in [0.4, 0.5) is 0 Å². The first-order valence-corrected chi connectivity index (χ1v) is 19.8. The van der Waals surface area contributed by atoms with Gasteiger partial charge in [-0.1, -0.05) is 170 Å². The Kier molecular flexibility index (Phi) is 8.45. The van der Waals surface area contributed by atoms with Crippen LogP contribution in [-0.2, 0) is 0 Å². The highest BCUT2D eigenvalue weighted by molar-refractivity contribution is 6.21. The van der Waals surface area contributed by atoms with Crippen LogP contribution in [0.2, 0.25) is 0 Å². The van der Waals surface area contributed by atoms with Gasteiger partial charge in [0.1, 0.15) is 11.3 Å². The van der Waals surface area contributed by atoms with E-state index in [2.05, 4.69) is 164 Å². The summed E-state index contributed by atoms with van der Waals surface area (Å²) in [7, 11) is 0. The Morgan fingerprint density at radius 1 is 0.305 bits per heavy atom. The molecule has 0 unspecified atom stereocenters. The number of pyridine rings is 1. The van der Waals surface area contributed by atoms with Crippen LogP contribution in [0.5, 0.6) is 0 Å². The van der Waals surface area contributed by atoms with Crippen LogP contribution in [-0.4, -0.2) is 15.0 Å². The number of nitrogens with zero attached hydrogens (tertiary/aromatic N) is 3. The Hall–Kier alpha value is -7.95. The van der Waals surface area contributed by atoms with Crippen molar-refractivity contribution in [2.45, 2.75) is 0 Å². The molecule has 3 aromatic heterocycles. The zero-order valence-corrected chi connectivity index (χ0v) is 32.0. The van der Waals surface area contributed by atoms with E-state index in [-0.39, 0.29) is 0 Å². The summed E-state index contributed by atoms with van der Waals surface area (Å²) in [6.07, 6.45) is 0. The van der Waals surface area contributed by atoms with Gasteiger partial charge in [0, 0.05) is 38.4 Å². The first kappa shape index (κ1) is 34.3. The Bertz CT molecular complexity index is 3260. The van der Waals surface area contributed by atoms with Gasteiger partial charge in [-0.2, -0.15) is 0 Å². The molecule has 0 saturated heterocycles. The molecule has 0 amide bonds. The van der Waals surface area contributed by atoms with Crippen molar-refractivity contribution in [2.75, 3.05) is 0 Å². The van der Waals surface area contributed by atoms with Gasteiger partial charge < -0.3 is 4.42 Å². The van der Waals surface area contributed by atoms with E-state index in [0.717, 1.165) is 94.4 Å². The number of hydrogen-bond donors (Lipinski definition) is 0. The average Bonchev–Trinajstić information content (AvgIpc) is 3.72. The molecule has 8 aromatic carbocycles. The van der Waals surface area contributed by atoms with E-state index in [1.54, 1.807) is 0 Å². The van der Waals surface area contributed by atoms with Crippen molar-refractivity contribution in [2.24, 2.45) is 0 Å². The molecule has 0 aliphatic rings. The lowest BCUT2D eigenvalue weighted by Crippen LogP contribution is -1.96. The predicted molar refractivity (Wildman–Crippen MR) is 243 cm³/mol. The van der Waals surface area contributed by atoms with Crippen LogP contribution in [0.1, 0.15) is 0 Å². The third kappa shape index (κ3) is 6.43. The molecule has 0 aliphatic heterocycles. The number of benzene rings is 8. The van der Waals surface area contributed by atoms with Crippen LogP contribution >= 0.6 is 0 Å². The smallest absolute Gasteiger partial charge is 0.162 e. The third-order valence-electron chi connectivity index (χ3n) is 11.1. The van der Waals surface area contributed by atoms with Gasteiger partial charge in [0.2, 0.25) is 0 Å². The Balaban J connectivity index is 1.02. The van der Waals surface area contributed by atoms with Crippen molar-refractivity contribution >= 4 is 32.8 Å². The van der Waals surface area contributed by atoms with Crippen LogP contribution in [0.25, 0.3) is 111 Å². The highest BCUT2D eigenvalue weighted by atomic mass is 16.3. The van der Waals surface area contributed by atoms with Crippen molar-refractivity contribution < 1.29 is 4.42 Å². The van der Waals surface area contributed by atoms with Crippen molar-refractivity contribution in [1.29, 1.82) is 0 Å².